The van der Waals surface area contributed by atoms with Gasteiger partial charge in [-0.2, -0.15) is 4.72 Å². The first-order valence-corrected chi connectivity index (χ1v) is 8.80. The third-order valence-electron chi connectivity index (χ3n) is 2.87. The first-order valence-electron chi connectivity index (χ1n) is 6.52. The van der Waals surface area contributed by atoms with E-state index in [2.05, 4.69) is 26.0 Å². The normalized spacial score (nSPS) is 12.6. The quantitative estimate of drug-likeness (QED) is 0.834. The summed E-state index contributed by atoms with van der Waals surface area (Å²) in [7, 11) is -3.73. The van der Waals surface area contributed by atoms with Crippen LogP contribution in [-0.4, -0.2) is 20.4 Å². The Morgan fingerprint density at radius 1 is 1.09 bits per heavy atom. The number of amides is 1. The first kappa shape index (κ1) is 16.7. The summed E-state index contributed by atoms with van der Waals surface area (Å²) < 4.78 is 27.5. The molecule has 0 aliphatic heterocycles. The van der Waals surface area contributed by atoms with Crippen molar-refractivity contribution in [2.45, 2.75) is 17.9 Å². The van der Waals surface area contributed by atoms with E-state index in [4.69, 9.17) is 0 Å². The molecule has 5 nitrogen and oxygen atoms in total. The fraction of sp³-hybridized carbons (Fsp3) is 0.133. The monoisotopic (exact) mass is 382 g/mol. The molecule has 2 rings (SSSR count). The molecular weight excluding hydrogens is 368 g/mol. The number of anilines is 1. The van der Waals surface area contributed by atoms with Crippen LogP contribution in [0.3, 0.4) is 0 Å². The van der Waals surface area contributed by atoms with Crippen LogP contribution in [0.1, 0.15) is 6.92 Å². The Morgan fingerprint density at radius 2 is 1.77 bits per heavy atom. The smallest absolute Gasteiger partial charge is 0.242 e. The molecule has 2 aromatic carbocycles. The van der Waals surface area contributed by atoms with Crippen LogP contribution in [0.2, 0.25) is 0 Å². The van der Waals surface area contributed by atoms with Crippen LogP contribution in [-0.2, 0) is 14.8 Å². The number of rotatable bonds is 5. The van der Waals surface area contributed by atoms with Crippen molar-refractivity contribution in [1.29, 1.82) is 0 Å². The molecule has 0 saturated carbocycles. The Morgan fingerprint density at radius 3 is 2.41 bits per heavy atom. The molecule has 0 aliphatic rings. The van der Waals surface area contributed by atoms with Crippen LogP contribution in [0.5, 0.6) is 0 Å². The van der Waals surface area contributed by atoms with Crippen molar-refractivity contribution >= 4 is 37.5 Å². The molecule has 1 amide bonds. The van der Waals surface area contributed by atoms with E-state index in [1.54, 1.807) is 36.4 Å². The van der Waals surface area contributed by atoms with E-state index in [1.807, 2.05) is 6.07 Å². The van der Waals surface area contributed by atoms with Gasteiger partial charge in [0.1, 0.15) is 0 Å². The topological polar surface area (TPSA) is 75.3 Å². The summed E-state index contributed by atoms with van der Waals surface area (Å²) in [4.78, 5) is 12.2. The van der Waals surface area contributed by atoms with E-state index in [-0.39, 0.29) is 4.90 Å². The minimum absolute atomic E-state index is 0.122. The van der Waals surface area contributed by atoms with Crippen LogP contribution in [0.25, 0.3) is 0 Å². The second kappa shape index (κ2) is 7.04. The predicted molar refractivity (Wildman–Crippen MR) is 89.0 cm³/mol. The summed E-state index contributed by atoms with van der Waals surface area (Å²) >= 11 is 3.31. The average Bonchev–Trinajstić information content (AvgIpc) is 2.47. The summed E-state index contributed by atoms with van der Waals surface area (Å²) in [6, 6.07) is 14.1. The highest BCUT2D eigenvalue weighted by Gasteiger charge is 2.21. The van der Waals surface area contributed by atoms with E-state index in [1.165, 1.54) is 19.1 Å². The van der Waals surface area contributed by atoms with E-state index < -0.39 is 22.0 Å². The molecule has 0 aromatic heterocycles. The van der Waals surface area contributed by atoms with Crippen molar-refractivity contribution < 1.29 is 13.2 Å². The second-order valence-electron chi connectivity index (χ2n) is 4.66. The maximum atomic E-state index is 12.2. The third kappa shape index (κ3) is 4.40. The number of carbonyl (C=O) groups excluding carboxylic acids is 1. The summed E-state index contributed by atoms with van der Waals surface area (Å²) in [6.45, 7) is 1.49. The molecule has 0 saturated heterocycles. The van der Waals surface area contributed by atoms with Gasteiger partial charge in [-0.1, -0.05) is 40.2 Å². The van der Waals surface area contributed by atoms with Gasteiger partial charge in [-0.25, -0.2) is 8.42 Å². The van der Waals surface area contributed by atoms with Gasteiger partial charge in [0.2, 0.25) is 15.9 Å². The number of benzene rings is 2. The van der Waals surface area contributed by atoms with E-state index in [0.717, 1.165) is 4.47 Å². The molecule has 0 fully saturated rings. The van der Waals surface area contributed by atoms with Crippen molar-refractivity contribution in [3.63, 3.8) is 0 Å². The molecular formula is C15H15BrN2O3S. The Hall–Kier alpha value is -1.70. The van der Waals surface area contributed by atoms with E-state index in [9.17, 15) is 13.2 Å². The van der Waals surface area contributed by atoms with Crippen molar-refractivity contribution in [2.24, 2.45) is 0 Å². The van der Waals surface area contributed by atoms with Gasteiger partial charge < -0.3 is 5.32 Å². The molecule has 0 bridgehead atoms. The Labute approximate surface area is 137 Å². The Bertz CT molecular complexity index is 763. The highest BCUT2D eigenvalue weighted by atomic mass is 79.9. The molecule has 0 unspecified atom stereocenters. The highest BCUT2D eigenvalue weighted by Crippen LogP contribution is 2.16. The fourth-order valence-electron chi connectivity index (χ4n) is 1.77. The maximum absolute atomic E-state index is 12.2. The van der Waals surface area contributed by atoms with Crippen molar-refractivity contribution in [1.82, 2.24) is 4.72 Å². The summed E-state index contributed by atoms with van der Waals surface area (Å²) in [5.74, 6) is -0.433. The maximum Gasteiger partial charge on any atom is 0.242 e. The minimum atomic E-state index is -3.73. The van der Waals surface area contributed by atoms with Gasteiger partial charge in [-0.15, -0.1) is 0 Å². The van der Waals surface area contributed by atoms with Gasteiger partial charge in [0, 0.05) is 10.2 Å². The number of hydrogen-bond acceptors (Lipinski definition) is 3. The zero-order valence-electron chi connectivity index (χ0n) is 11.8. The standard InChI is InChI=1S/C15H15BrN2O3S/c1-11(15(19)17-13-7-5-6-12(16)10-13)18-22(20,21)14-8-3-2-4-9-14/h2-11,18H,1H3,(H,17,19)/t11-/m1/s1. The van der Waals surface area contributed by atoms with Gasteiger partial charge in [0.25, 0.3) is 0 Å². The highest BCUT2D eigenvalue weighted by molar-refractivity contribution is 9.10. The summed E-state index contributed by atoms with van der Waals surface area (Å²) in [6.07, 6.45) is 0. The lowest BCUT2D eigenvalue weighted by Gasteiger charge is -2.14. The first-order chi connectivity index (χ1) is 10.4. The SMILES string of the molecule is C[C@@H](NS(=O)(=O)c1ccccc1)C(=O)Nc1cccc(Br)c1. The number of hydrogen-bond donors (Lipinski definition) is 2. The Kier molecular flexibility index (Phi) is 5.33. The lowest BCUT2D eigenvalue weighted by Crippen LogP contribution is -2.41. The molecule has 0 aliphatic carbocycles. The molecule has 22 heavy (non-hydrogen) atoms. The number of sulfonamides is 1. The molecule has 7 heteroatoms. The van der Waals surface area contributed by atoms with E-state index in [0.29, 0.717) is 5.69 Å². The van der Waals surface area contributed by atoms with Gasteiger partial charge in [-0.05, 0) is 37.3 Å². The number of carbonyl (C=O) groups is 1. The lowest BCUT2D eigenvalue weighted by atomic mass is 10.3. The van der Waals surface area contributed by atoms with Gasteiger partial charge >= 0.3 is 0 Å². The lowest BCUT2D eigenvalue weighted by molar-refractivity contribution is -0.117. The van der Waals surface area contributed by atoms with Crippen LogP contribution in [0.4, 0.5) is 5.69 Å². The van der Waals surface area contributed by atoms with Crippen LogP contribution in [0, 0.1) is 0 Å². The molecule has 0 heterocycles. The fourth-order valence-corrected chi connectivity index (χ4v) is 3.39. The van der Waals surface area contributed by atoms with Crippen molar-refractivity contribution in [2.75, 3.05) is 5.32 Å². The molecule has 2 aromatic rings. The molecule has 116 valence electrons. The van der Waals surface area contributed by atoms with Gasteiger partial charge in [0.05, 0.1) is 10.9 Å². The van der Waals surface area contributed by atoms with Crippen LogP contribution in [0.15, 0.2) is 64.0 Å². The van der Waals surface area contributed by atoms with Crippen molar-refractivity contribution in [3.8, 4) is 0 Å². The largest absolute Gasteiger partial charge is 0.325 e. The van der Waals surface area contributed by atoms with Crippen molar-refractivity contribution in [3.05, 3.63) is 59.1 Å². The van der Waals surface area contributed by atoms with Crippen LogP contribution >= 0.6 is 15.9 Å². The molecule has 1 atom stereocenters. The Balaban J connectivity index is 2.05. The zero-order chi connectivity index (χ0) is 16.2. The summed E-state index contributed by atoms with van der Waals surface area (Å²) in [5, 5.41) is 2.66. The second-order valence-corrected chi connectivity index (χ2v) is 7.29. The van der Waals surface area contributed by atoms with E-state index >= 15 is 0 Å². The van der Waals surface area contributed by atoms with Gasteiger partial charge in [0.15, 0.2) is 0 Å². The van der Waals surface area contributed by atoms with Gasteiger partial charge in [-0.3, -0.25) is 4.79 Å². The predicted octanol–water partition coefficient (Wildman–Crippen LogP) is 2.75. The molecule has 2 N–H and O–H groups in total. The minimum Gasteiger partial charge on any atom is -0.325 e. The number of halogens is 1. The third-order valence-corrected chi connectivity index (χ3v) is 4.92. The zero-order valence-corrected chi connectivity index (χ0v) is 14.2. The summed E-state index contributed by atoms with van der Waals surface area (Å²) in [5.41, 5.74) is 0.588. The average molecular weight is 383 g/mol. The number of nitrogens with one attached hydrogen (secondary N) is 2. The molecule has 0 radical (unpaired) electrons. The van der Waals surface area contributed by atoms with Crippen LogP contribution < -0.4 is 10.0 Å². The molecule has 0 spiro atoms.